The molecule has 0 saturated heterocycles. The van der Waals surface area contributed by atoms with Gasteiger partial charge >= 0.3 is 0 Å². The molecule has 0 unspecified atom stereocenters. The number of methoxy groups -OCH3 is 1. The summed E-state index contributed by atoms with van der Waals surface area (Å²) in [5, 5.41) is 8.77. The van der Waals surface area contributed by atoms with Crippen LogP contribution in [-0.2, 0) is 0 Å². The molecule has 0 aliphatic heterocycles. The highest BCUT2D eigenvalue weighted by Crippen LogP contribution is 2.11. The van der Waals surface area contributed by atoms with Crippen LogP contribution in [0.5, 0.6) is 5.75 Å². The number of ether oxygens (including phenoxy) is 1. The Kier molecular flexibility index (Phi) is 5.47. The summed E-state index contributed by atoms with van der Waals surface area (Å²) in [7, 11) is 1.64. The molecule has 0 aliphatic rings. The molecule has 0 bridgehead atoms. The predicted octanol–water partition coefficient (Wildman–Crippen LogP) is 2.83. The molecule has 2 rings (SSSR count). The Hall–Kier alpha value is -2.68. The zero-order chi connectivity index (χ0) is 14.9. The van der Waals surface area contributed by atoms with E-state index in [1.165, 1.54) is 0 Å². The normalized spacial score (nSPS) is 9.05. The lowest BCUT2D eigenvalue weighted by atomic mass is 10.1. The maximum absolute atomic E-state index is 8.77. The number of hydrogen-bond acceptors (Lipinski definition) is 2. The van der Waals surface area contributed by atoms with Crippen LogP contribution in [0.15, 0.2) is 48.5 Å². The zero-order valence-corrected chi connectivity index (χ0v) is 11.9. The SMILES string of the molecule is COc1ccc(C#Cc2ccccc2C#CCCO)cc1. The average molecular weight is 276 g/mol. The molecule has 2 nitrogen and oxygen atoms in total. The first kappa shape index (κ1) is 14.7. The summed E-state index contributed by atoms with van der Waals surface area (Å²) in [5.41, 5.74) is 2.69. The van der Waals surface area contributed by atoms with E-state index < -0.39 is 0 Å². The summed E-state index contributed by atoms with van der Waals surface area (Å²) in [6, 6.07) is 15.4. The van der Waals surface area contributed by atoms with Crippen molar-refractivity contribution in [2.75, 3.05) is 13.7 Å². The predicted molar refractivity (Wildman–Crippen MR) is 84.0 cm³/mol. The maximum Gasteiger partial charge on any atom is 0.118 e. The zero-order valence-electron chi connectivity index (χ0n) is 11.9. The lowest BCUT2D eigenvalue weighted by Gasteiger charge is -1.98. The summed E-state index contributed by atoms with van der Waals surface area (Å²) >= 11 is 0. The Morgan fingerprint density at radius 1 is 0.905 bits per heavy atom. The van der Waals surface area contributed by atoms with Crippen molar-refractivity contribution >= 4 is 0 Å². The van der Waals surface area contributed by atoms with Crippen molar-refractivity contribution in [3.8, 4) is 29.4 Å². The van der Waals surface area contributed by atoms with Crippen LogP contribution < -0.4 is 4.74 Å². The molecule has 0 fully saturated rings. The molecule has 0 aliphatic carbocycles. The van der Waals surface area contributed by atoms with Gasteiger partial charge in [0.25, 0.3) is 0 Å². The van der Waals surface area contributed by atoms with Crippen LogP contribution in [0.2, 0.25) is 0 Å². The van der Waals surface area contributed by atoms with Gasteiger partial charge in [0.15, 0.2) is 0 Å². The van der Waals surface area contributed by atoms with Crippen LogP contribution in [0.4, 0.5) is 0 Å². The lowest BCUT2D eigenvalue weighted by Crippen LogP contribution is -1.84. The smallest absolute Gasteiger partial charge is 0.118 e. The number of aliphatic hydroxyl groups excluding tert-OH is 1. The maximum atomic E-state index is 8.77. The molecular formula is C19H16O2. The van der Waals surface area contributed by atoms with Gasteiger partial charge in [0.2, 0.25) is 0 Å². The van der Waals surface area contributed by atoms with Crippen LogP contribution in [-0.4, -0.2) is 18.8 Å². The molecule has 104 valence electrons. The molecule has 21 heavy (non-hydrogen) atoms. The standard InChI is InChI=1S/C19H16O2/c1-21-19-13-10-16(11-14-19)9-12-18-7-3-2-6-17(18)8-4-5-15-20/h2-3,6-7,10-11,13-14,20H,5,15H2,1H3. The monoisotopic (exact) mass is 276 g/mol. The molecule has 2 heteroatoms. The van der Waals surface area contributed by atoms with Gasteiger partial charge in [-0.05, 0) is 36.4 Å². The molecule has 1 N–H and O–H groups in total. The fraction of sp³-hybridized carbons (Fsp3) is 0.158. The van der Waals surface area contributed by atoms with E-state index in [0.717, 1.165) is 22.4 Å². The topological polar surface area (TPSA) is 29.5 Å². The second-order valence-electron chi connectivity index (χ2n) is 4.30. The lowest BCUT2D eigenvalue weighted by molar-refractivity contribution is 0.305. The van der Waals surface area contributed by atoms with Crippen LogP contribution in [0.1, 0.15) is 23.1 Å². The van der Waals surface area contributed by atoms with Crippen molar-refractivity contribution in [3.63, 3.8) is 0 Å². The third kappa shape index (κ3) is 4.42. The van der Waals surface area contributed by atoms with Crippen molar-refractivity contribution in [2.24, 2.45) is 0 Å². The van der Waals surface area contributed by atoms with Gasteiger partial charge in [-0.1, -0.05) is 35.8 Å². The molecule has 0 aromatic heterocycles. The van der Waals surface area contributed by atoms with Crippen LogP contribution in [0, 0.1) is 23.7 Å². The van der Waals surface area contributed by atoms with E-state index in [9.17, 15) is 0 Å². The number of hydrogen-bond donors (Lipinski definition) is 1. The van der Waals surface area contributed by atoms with Crippen LogP contribution >= 0.6 is 0 Å². The van der Waals surface area contributed by atoms with E-state index in [-0.39, 0.29) is 6.61 Å². The van der Waals surface area contributed by atoms with Crippen LogP contribution in [0.25, 0.3) is 0 Å². The van der Waals surface area contributed by atoms with Gasteiger partial charge in [-0.2, -0.15) is 0 Å². The van der Waals surface area contributed by atoms with Crippen LogP contribution in [0.3, 0.4) is 0 Å². The van der Waals surface area contributed by atoms with Gasteiger partial charge in [-0.25, -0.2) is 0 Å². The van der Waals surface area contributed by atoms with Gasteiger partial charge in [-0.3, -0.25) is 0 Å². The van der Waals surface area contributed by atoms with E-state index in [1.807, 2.05) is 48.5 Å². The highest BCUT2D eigenvalue weighted by atomic mass is 16.5. The van der Waals surface area contributed by atoms with Gasteiger partial charge in [-0.15, -0.1) is 0 Å². The Morgan fingerprint density at radius 3 is 2.19 bits per heavy atom. The second-order valence-corrected chi connectivity index (χ2v) is 4.30. The minimum absolute atomic E-state index is 0.0761. The molecule has 0 saturated carbocycles. The first-order valence-electron chi connectivity index (χ1n) is 6.68. The molecule has 0 heterocycles. The molecular weight excluding hydrogens is 260 g/mol. The van der Waals surface area contributed by atoms with Crippen molar-refractivity contribution in [1.29, 1.82) is 0 Å². The third-order valence-electron chi connectivity index (χ3n) is 2.82. The molecule has 0 radical (unpaired) electrons. The fourth-order valence-electron chi connectivity index (χ4n) is 1.73. The number of rotatable bonds is 2. The van der Waals surface area contributed by atoms with E-state index >= 15 is 0 Å². The van der Waals surface area contributed by atoms with Gasteiger partial charge in [0.05, 0.1) is 13.7 Å². The van der Waals surface area contributed by atoms with Gasteiger partial charge < -0.3 is 9.84 Å². The first-order valence-corrected chi connectivity index (χ1v) is 6.68. The average Bonchev–Trinajstić information content (AvgIpc) is 2.54. The van der Waals surface area contributed by atoms with Crippen molar-refractivity contribution in [2.45, 2.75) is 6.42 Å². The number of benzene rings is 2. The summed E-state index contributed by atoms with van der Waals surface area (Å²) in [5.74, 6) is 13.0. The third-order valence-corrected chi connectivity index (χ3v) is 2.82. The molecule has 2 aromatic carbocycles. The summed E-state index contributed by atoms with van der Waals surface area (Å²) in [6.07, 6.45) is 0.472. The summed E-state index contributed by atoms with van der Waals surface area (Å²) < 4.78 is 5.12. The Bertz CT molecular complexity index is 707. The first-order chi connectivity index (χ1) is 10.3. The molecule has 0 atom stereocenters. The summed E-state index contributed by atoms with van der Waals surface area (Å²) in [4.78, 5) is 0. The van der Waals surface area contributed by atoms with E-state index in [2.05, 4.69) is 23.7 Å². The van der Waals surface area contributed by atoms with Crippen molar-refractivity contribution in [3.05, 3.63) is 65.2 Å². The Morgan fingerprint density at radius 2 is 1.57 bits per heavy atom. The van der Waals surface area contributed by atoms with Crippen molar-refractivity contribution < 1.29 is 9.84 Å². The fourth-order valence-corrected chi connectivity index (χ4v) is 1.73. The highest BCUT2D eigenvalue weighted by Gasteiger charge is 1.95. The highest BCUT2D eigenvalue weighted by molar-refractivity contribution is 5.52. The minimum atomic E-state index is 0.0761. The van der Waals surface area contributed by atoms with Gasteiger partial charge in [0, 0.05) is 23.1 Å². The minimum Gasteiger partial charge on any atom is -0.497 e. The molecule has 0 spiro atoms. The Balaban J connectivity index is 2.24. The molecule has 0 amide bonds. The molecule has 2 aromatic rings. The Labute approximate surface area is 125 Å². The second kappa shape index (κ2) is 7.80. The van der Waals surface area contributed by atoms with Gasteiger partial charge in [0.1, 0.15) is 5.75 Å². The quantitative estimate of drug-likeness (QED) is 0.855. The summed E-state index contributed by atoms with van der Waals surface area (Å²) in [6.45, 7) is 0.0761. The largest absolute Gasteiger partial charge is 0.497 e. The van der Waals surface area contributed by atoms with E-state index in [4.69, 9.17) is 9.84 Å². The van der Waals surface area contributed by atoms with E-state index in [1.54, 1.807) is 7.11 Å². The number of aliphatic hydroxyl groups is 1. The van der Waals surface area contributed by atoms with Crippen molar-refractivity contribution in [1.82, 2.24) is 0 Å². The van der Waals surface area contributed by atoms with E-state index in [0.29, 0.717) is 6.42 Å².